The fraction of sp³-hybridized carbons (Fsp3) is 0.444. The summed E-state index contributed by atoms with van der Waals surface area (Å²) in [6.45, 7) is 4.03. The van der Waals surface area contributed by atoms with E-state index in [0.29, 0.717) is 22.7 Å². The lowest BCUT2D eigenvalue weighted by molar-refractivity contribution is -0.112. The Bertz CT molecular complexity index is 648. The molecule has 0 aliphatic heterocycles. The lowest BCUT2D eigenvalue weighted by atomic mass is 9.86. The molecule has 1 aliphatic carbocycles. The fourth-order valence-corrected chi connectivity index (χ4v) is 3.01. The van der Waals surface area contributed by atoms with Crippen LogP contribution in [0.25, 0.3) is 0 Å². The number of hydrogen-bond donors (Lipinski definition) is 2. The number of carbonyl (C=O) groups excluding carboxylic acids is 1. The number of nitrogens with zero attached hydrogens (tertiary/aromatic N) is 1. The lowest BCUT2D eigenvalue weighted by Gasteiger charge is -2.29. The topological polar surface area (TPSA) is 64.9 Å². The second-order valence-corrected chi connectivity index (χ2v) is 6.48. The third-order valence-electron chi connectivity index (χ3n) is 4.43. The Balaban J connectivity index is 2.05. The number of benzene rings is 1. The average Bonchev–Trinajstić information content (AvgIpc) is 2.54. The maximum absolute atomic E-state index is 12.3. The van der Waals surface area contributed by atoms with Gasteiger partial charge in [-0.1, -0.05) is 37.4 Å². The SMILES string of the molecule is Cc1c(Cl)cccc1NC(=O)/C(C#N)=C\NC1CCCCC1C. The molecule has 0 heterocycles. The summed E-state index contributed by atoms with van der Waals surface area (Å²) >= 11 is 6.05. The molecule has 2 N–H and O–H groups in total. The molecule has 0 radical (unpaired) electrons. The minimum Gasteiger partial charge on any atom is -0.387 e. The van der Waals surface area contributed by atoms with E-state index < -0.39 is 5.91 Å². The first kappa shape index (κ1) is 17.4. The zero-order chi connectivity index (χ0) is 16.8. The van der Waals surface area contributed by atoms with E-state index in [1.807, 2.05) is 13.0 Å². The van der Waals surface area contributed by atoms with Crippen LogP contribution in [0, 0.1) is 24.2 Å². The third kappa shape index (κ3) is 4.49. The molecule has 0 bridgehead atoms. The third-order valence-corrected chi connectivity index (χ3v) is 4.84. The molecular formula is C18H22ClN3O. The predicted octanol–water partition coefficient (Wildman–Crippen LogP) is 4.16. The molecule has 2 rings (SSSR count). The molecule has 1 saturated carbocycles. The summed E-state index contributed by atoms with van der Waals surface area (Å²) in [5.74, 6) is 0.131. The van der Waals surface area contributed by atoms with Gasteiger partial charge in [0.05, 0.1) is 0 Å². The molecule has 0 aromatic heterocycles. The summed E-state index contributed by atoms with van der Waals surface area (Å²) in [5.41, 5.74) is 1.48. The summed E-state index contributed by atoms with van der Waals surface area (Å²) in [6.07, 6.45) is 6.24. The van der Waals surface area contributed by atoms with Gasteiger partial charge in [-0.15, -0.1) is 0 Å². The molecule has 2 unspecified atom stereocenters. The molecule has 2 atom stereocenters. The van der Waals surface area contributed by atoms with Crippen LogP contribution in [0.2, 0.25) is 5.02 Å². The van der Waals surface area contributed by atoms with E-state index in [4.69, 9.17) is 11.6 Å². The molecule has 1 amide bonds. The minimum atomic E-state index is -0.422. The number of rotatable bonds is 4. The average molecular weight is 332 g/mol. The van der Waals surface area contributed by atoms with Gasteiger partial charge in [0.2, 0.25) is 0 Å². The van der Waals surface area contributed by atoms with Gasteiger partial charge in [0.25, 0.3) is 5.91 Å². The fourth-order valence-electron chi connectivity index (χ4n) is 2.84. The van der Waals surface area contributed by atoms with Crippen LogP contribution in [-0.2, 0) is 4.79 Å². The van der Waals surface area contributed by atoms with Gasteiger partial charge in [0.15, 0.2) is 0 Å². The van der Waals surface area contributed by atoms with E-state index in [2.05, 4.69) is 17.6 Å². The van der Waals surface area contributed by atoms with Crippen molar-refractivity contribution in [1.82, 2.24) is 5.32 Å². The summed E-state index contributed by atoms with van der Waals surface area (Å²) < 4.78 is 0. The number of nitrogens with one attached hydrogen (secondary N) is 2. The molecule has 0 spiro atoms. The lowest BCUT2D eigenvalue weighted by Crippen LogP contribution is -2.34. The van der Waals surface area contributed by atoms with E-state index in [0.717, 1.165) is 12.0 Å². The summed E-state index contributed by atoms with van der Waals surface area (Å²) in [4.78, 5) is 12.3. The molecule has 1 aromatic rings. The van der Waals surface area contributed by atoms with Gasteiger partial charge in [-0.2, -0.15) is 5.26 Å². The van der Waals surface area contributed by atoms with Crippen LogP contribution in [0.1, 0.15) is 38.2 Å². The Hall–Kier alpha value is -1.99. The second-order valence-electron chi connectivity index (χ2n) is 6.07. The van der Waals surface area contributed by atoms with Crippen molar-refractivity contribution in [3.05, 3.63) is 40.6 Å². The number of halogens is 1. The molecule has 122 valence electrons. The van der Waals surface area contributed by atoms with Gasteiger partial charge in [-0.25, -0.2) is 0 Å². The number of carbonyl (C=O) groups is 1. The molecule has 5 heteroatoms. The monoisotopic (exact) mass is 331 g/mol. The highest BCUT2D eigenvalue weighted by molar-refractivity contribution is 6.31. The van der Waals surface area contributed by atoms with Crippen LogP contribution >= 0.6 is 11.6 Å². The first-order chi connectivity index (χ1) is 11.0. The molecule has 4 nitrogen and oxygen atoms in total. The van der Waals surface area contributed by atoms with Crippen molar-refractivity contribution in [2.24, 2.45) is 5.92 Å². The highest BCUT2D eigenvalue weighted by atomic mass is 35.5. The van der Waals surface area contributed by atoms with Crippen molar-refractivity contribution in [3.8, 4) is 6.07 Å². The normalized spacial score (nSPS) is 21.4. The van der Waals surface area contributed by atoms with E-state index in [9.17, 15) is 10.1 Å². The van der Waals surface area contributed by atoms with Crippen molar-refractivity contribution in [2.45, 2.75) is 45.6 Å². The molecule has 1 fully saturated rings. The maximum atomic E-state index is 12.3. The van der Waals surface area contributed by atoms with Crippen molar-refractivity contribution >= 4 is 23.2 Å². The van der Waals surface area contributed by atoms with Crippen molar-refractivity contribution < 1.29 is 4.79 Å². The Morgan fingerprint density at radius 3 is 2.83 bits per heavy atom. The zero-order valence-electron chi connectivity index (χ0n) is 13.5. The van der Waals surface area contributed by atoms with Gasteiger partial charge < -0.3 is 10.6 Å². The molecule has 23 heavy (non-hydrogen) atoms. The van der Waals surface area contributed by atoms with E-state index >= 15 is 0 Å². The Morgan fingerprint density at radius 2 is 2.13 bits per heavy atom. The standard InChI is InChI=1S/C18H22ClN3O/c1-12-6-3-4-8-16(12)21-11-14(10-20)18(23)22-17-9-5-7-15(19)13(17)2/h5,7,9,11-12,16,21H,3-4,6,8H2,1-2H3,(H,22,23)/b14-11-. The van der Waals surface area contributed by atoms with Gasteiger partial charge in [0.1, 0.15) is 11.6 Å². The Kier molecular flexibility index (Phi) is 6.06. The van der Waals surface area contributed by atoms with Crippen LogP contribution in [0.3, 0.4) is 0 Å². The second kappa shape index (κ2) is 8.03. The van der Waals surface area contributed by atoms with Crippen molar-refractivity contribution in [3.63, 3.8) is 0 Å². The Labute approximate surface area is 142 Å². The first-order valence-corrected chi connectivity index (χ1v) is 8.33. The van der Waals surface area contributed by atoms with E-state index in [-0.39, 0.29) is 5.57 Å². The highest BCUT2D eigenvalue weighted by Crippen LogP contribution is 2.24. The van der Waals surface area contributed by atoms with Gasteiger partial charge in [0, 0.05) is 23.0 Å². The van der Waals surface area contributed by atoms with Gasteiger partial charge >= 0.3 is 0 Å². The smallest absolute Gasteiger partial charge is 0.267 e. The predicted molar refractivity (Wildman–Crippen MR) is 93.1 cm³/mol. The van der Waals surface area contributed by atoms with Crippen LogP contribution < -0.4 is 10.6 Å². The summed E-state index contributed by atoms with van der Waals surface area (Å²) in [5, 5.41) is 15.8. The number of anilines is 1. The zero-order valence-corrected chi connectivity index (χ0v) is 14.3. The van der Waals surface area contributed by atoms with Crippen LogP contribution in [0.5, 0.6) is 0 Å². The molecular weight excluding hydrogens is 310 g/mol. The van der Waals surface area contributed by atoms with E-state index in [1.165, 1.54) is 19.3 Å². The maximum Gasteiger partial charge on any atom is 0.267 e. The Morgan fingerprint density at radius 1 is 1.39 bits per heavy atom. The molecule has 0 saturated heterocycles. The molecule has 1 aromatic carbocycles. The first-order valence-electron chi connectivity index (χ1n) is 7.95. The van der Waals surface area contributed by atoms with Crippen molar-refractivity contribution in [1.29, 1.82) is 5.26 Å². The minimum absolute atomic E-state index is 0.0714. The van der Waals surface area contributed by atoms with Crippen LogP contribution in [-0.4, -0.2) is 11.9 Å². The summed E-state index contributed by atoms with van der Waals surface area (Å²) in [6, 6.07) is 7.59. The van der Waals surface area contributed by atoms with Gasteiger partial charge in [-0.3, -0.25) is 4.79 Å². The quantitative estimate of drug-likeness (QED) is 0.643. The van der Waals surface area contributed by atoms with E-state index in [1.54, 1.807) is 24.4 Å². The summed E-state index contributed by atoms with van der Waals surface area (Å²) in [7, 11) is 0. The number of hydrogen-bond acceptors (Lipinski definition) is 3. The number of amides is 1. The van der Waals surface area contributed by atoms with Gasteiger partial charge in [-0.05, 0) is 43.4 Å². The number of nitriles is 1. The van der Waals surface area contributed by atoms with Crippen LogP contribution in [0.15, 0.2) is 30.0 Å². The highest BCUT2D eigenvalue weighted by Gasteiger charge is 2.20. The molecule has 1 aliphatic rings. The van der Waals surface area contributed by atoms with Crippen LogP contribution in [0.4, 0.5) is 5.69 Å². The van der Waals surface area contributed by atoms with Crippen molar-refractivity contribution in [2.75, 3.05) is 5.32 Å². The largest absolute Gasteiger partial charge is 0.387 e.